The molecule has 3 nitrogen and oxygen atoms in total. The molecule has 0 aliphatic carbocycles. The van der Waals surface area contributed by atoms with E-state index in [0.717, 1.165) is 49.4 Å². The molecular weight excluding hydrogens is 306 g/mol. The minimum Gasteiger partial charge on any atom is -0.496 e. The molecule has 1 aliphatic heterocycles. The quantitative estimate of drug-likeness (QED) is 0.871. The number of hydrogen-bond acceptors (Lipinski definition) is 3. The average molecular weight is 328 g/mol. The van der Waals surface area contributed by atoms with Gasteiger partial charge in [0.1, 0.15) is 5.75 Å². The zero-order valence-corrected chi connectivity index (χ0v) is 13.3. The van der Waals surface area contributed by atoms with Crippen molar-refractivity contribution in [1.82, 2.24) is 5.32 Å². The molecule has 0 bridgehead atoms. The fraction of sp³-hybridized carbons (Fsp3) is 0.600. The molecule has 1 aliphatic rings. The number of hydrogen-bond donors (Lipinski definition) is 1. The van der Waals surface area contributed by atoms with Crippen molar-refractivity contribution < 1.29 is 9.47 Å². The van der Waals surface area contributed by atoms with E-state index in [1.807, 2.05) is 6.07 Å². The molecule has 1 aromatic rings. The van der Waals surface area contributed by atoms with Crippen LogP contribution < -0.4 is 10.1 Å². The fourth-order valence-electron chi connectivity index (χ4n) is 2.63. The van der Waals surface area contributed by atoms with Crippen LogP contribution in [0.1, 0.15) is 18.9 Å². The summed E-state index contributed by atoms with van der Waals surface area (Å²) in [7, 11) is 1.69. The van der Waals surface area contributed by atoms with Gasteiger partial charge < -0.3 is 14.8 Å². The first-order chi connectivity index (χ1) is 9.19. The monoisotopic (exact) mass is 327 g/mol. The van der Waals surface area contributed by atoms with Gasteiger partial charge in [0.05, 0.1) is 18.2 Å². The van der Waals surface area contributed by atoms with Crippen molar-refractivity contribution in [3.63, 3.8) is 0 Å². The van der Waals surface area contributed by atoms with Gasteiger partial charge in [-0.1, -0.05) is 13.0 Å². The van der Waals surface area contributed by atoms with E-state index in [0.29, 0.717) is 0 Å². The molecule has 1 heterocycles. The highest BCUT2D eigenvalue weighted by atomic mass is 79.9. The van der Waals surface area contributed by atoms with Crippen molar-refractivity contribution in [2.75, 3.05) is 33.4 Å². The third kappa shape index (κ3) is 3.71. The lowest BCUT2D eigenvalue weighted by molar-refractivity contribution is 0.149. The van der Waals surface area contributed by atoms with Crippen LogP contribution in [0.4, 0.5) is 0 Å². The van der Waals surface area contributed by atoms with Crippen molar-refractivity contribution in [3.05, 3.63) is 28.2 Å². The Hall–Kier alpha value is -0.580. The molecule has 4 heteroatoms. The lowest BCUT2D eigenvalue weighted by Crippen LogP contribution is -2.36. The molecule has 1 N–H and O–H groups in total. The van der Waals surface area contributed by atoms with Crippen molar-refractivity contribution in [1.29, 1.82) is 0 Å². The van der Waals surface area contributed by atoms with Crippen LogP contribution in [-0.4, -0.2) is 33.4 Å². The van der Waals surface area contributed by atoms with Crippen molar-refractivity contribution in [2.24, 2.45) is 5.41 Å². The van der Waals surface area contributed by atoms with E-state index in [1.165, 1.54) is 5.56 Å². The third-order valence-electron chi connectivity index (χ3n) is 3.73. The summed E-state index contributed by atoms with van der Waals surface area (Å²) in [6.45, 7) is 5.90. The molecule has 2 rings (SSSR count). The van der Waals surface area contributed by atoms with Gasteiger partial charge in [0.15, 0.2) is 0 Å². The summed E-state index contributed by atoms with van der Waals surface area (Å²) < 4.78 is 11.9. The van der Waals surface area contributed by atoms with Crippen LogP contribution in [0.15, 0.2) is 22.7 Å². The minimum atomic E-state index is 0.240. The molecule has 19 heavy (non-hydrogen) atoms. The Morgan fingerprint density at radius 3 is 2.89 bits per heavy atom. The maximum atomic E-state index is 5.63. The summed E-state index contributed by atoms with van der Waals surface area (Å²) in [5.41, 5.74) is 1.57. The summed E-state index contributed by atoms with van der Waals surface area (Å²) >= 11 is 3.56. The van der Waals surface area contributed by atoms with E-state index in [9.17, 15) is 0 Å². The Morgan fingerprint density at radius 1 is 1.47 bits per heavy atom. The first kappa shape index (κ1) is 14.8. The van der Waals surface area contributed by atoms with E-state index in [4.69, 9.17) is 9.47 Å². The summed E-state index contributed by atoms with van der Waals surface area (Å²) in [5.74, 6) is 0.882. The number of benzene rings is 1. The van der Waals surface area contributed by atoms with Gasteiger partial charge in [-0.15, -0.1) is 0 Å². The average Bonchev–Trinajstić information content (AvgIpc) is 2.86. The minimum absolute atomic E-state index is 0.240. The Bertz CT molecular complexity index is 417. The predicted octanol–water partition coefficient (Wildman–Crippen LogP) is 3.02. The lowest BCUT2D eigenvalue weighted by atomic mass is 9.81. The molecule has 0 saturated carbocycles. The summed E-state index contributed by atoms with van der Waals surface area (Å²) in [4.78, 5) is 0. The van der Waals surface area contributed by atoms with E-state index >= 15 is 0 Å². The highest BCUT2D eigenvalue weighted by molar-refractivity contribution is 9.10. The topological polar surface area (TPSA) is 30.5 Å². The van der Waals surface area contributed by atoms with Crippen LogP contribution in [0.25, 0.3) is 0 Å². The molecule has 0 spiro atoms. The van der Waals surface area contributed by atoms with Crippen LogP contribution in [0, 0.1) is 5.41 Å². The Balaban J connectivity index is 2.10. The zero-order valence-electron chi connectivity index (χ0n) is 11.7. The number of rotatable bonds is 6. The van der Waals surface area contributed by atoms with Gasteiger partial charge in [0, 0.05) is 18.6 Å². The molecule has 1 unspecified atom stereocenters. The Kier molecular flexibility index (Phi) is 5.25. The Labute approximate surface area is 123 Å². The molecule has 0 aromatic heterocycles. The number of ether oxygens (including phenoxy) is 2. The first-order valence-corrected chi connectivity index (χ1v) is 7.59. The predicted molar refractivity (Wildman–Crippen MR) is 80.8 cm³/mol. The number of halogens is 1. The number of nitrogens with one attached hydrogen (secondary N) is 1. The standard InChI is InChI=1S/C15H22BrNO2/c1-3-17-10-15(6-7-19-11-15)9-12-4-5-14(18-2)13(16)8-12/h4-5,8,17H,3,6-7,9-11H2,1-2H3. The smallest absolute Gasteiger partial charge is 0.133 e. The second-order valence-electron chi connectivity index (χ2n) is 5.23. The van der Waals surface area contributed by atoms with Crippen LogP contribution in [0.3, 0.4) is 0 Å². The highest BCUT2D eigenvalue weighted by Crippen LogP contribution is 2.34. The molecule has 1 fully saturated rings. The lowest BCUT2D eigenvalue weighted by Gasteiger charge is -2.28. The van der Waals surface area contributed by atoms with Crippen LogP contribution >= 0.6 is 15.9 Å². The highest BCUT2D eigenvalue weighted by Gasteiger charge is 2.34. The van der Waals surface area contributed by atoms with Gasteiger partial charge in [0.25, 0.3) is 0 Å². The summed E-state index contributed by atoms with van der Waals surface area (Å²) in [5, 5.41) is 3.47. The van der Waals surface area contributed by atoms with Crippen molar-refractivity contribution in [2.45, 2.75) is 19.8 Å². The van der Waals surface area contributed by atoms with Crippen molar-refractivity contribution in [3.8, 4) is 5.75 Å². The molecule has 0 amide bonds. The van der Waals surface area contributed by atoms with Crippen molar-refractivity contribution >= 4 is 15.9 Å². The largest absolute Gasteiger partial charge is 0.496 e. The zero-order chi connectivity index (χ0) is 13.7. The maximum Gasteiger partial charge on any atom is 0.133 e. The Morgan fingerprint density at radius 2 is 2.32 bits per heavy atom. The SMILES string of the molecule is CCNCC1(Cc2ccc(OC)c(Br)c2)CCOC1. The van der Waals surface area contributed by atoms with Crippen LogP contribution in [-0.2, 0) is 11.2 Å². The van der Waals surface area contributed by atoms with Gasteiger partial charge in [-0.05, 0) is 53.0 Å². The molecule has 1 aromatic carbocycles. The van der Waals surface area contributed by atoms with Gasteiger partial charge >= 0.3 is 0 Å². The van der Waals surface area contributed by atoms with E-state index in [-0.39, 0.29) is 5.41 Å². The molecule has 1 atom stereocenters. The van der Waals surface area contributed by atoms with Crippen LogP contribution in [0.2, 0.25) is 0 Å². The fourth-order valence-corrected chi connectivity index (χ4v) is 3.22. The molecular formula is C15H22BrNO2. The summed E-state index contributed by atoms with van der Waals surface area (Å²) in [6, 6.07) is 6.33. The first-order valence-electron chi connectivity index (χ1n) is 6.80. The summed E-state index contributed by atoms with van der Waals surface area (Å²) in [6.07, 6.45) is 2.17. The van der Waals surface area contributed by atoms with E-state index in [2.05, 4.69) is 40.3 Å². The van der Waals surface area contributed by atoms with Gasteiger partial charge in [-0.25, -0.2) is 0 Å². The van der Waals surface area contributed by atoms with Gasteiger partial charge in [0.2, 0.25) is 0 Å². The van der Waals surface area contributed by atoms with E-state index < -0.39 is 0 Å². The second-order valence-corrected chi connectivity index (χ2v) is 6.08. The number of methoxy groups -OCH3 is 1. The second kappa shape index (κ2) is 6.73. The maximum absolute atomic E-state index is 5.63. The van der Waals surface area contributed by atoms with Crippen LogP contribution in [0.5, 0.6) is 5.75 Å². The third-order valence-corrected chi connectivity index (χ3v) is 4.35. The molecule has 0 radical (unpaired) electrons. The molecule has 1 saturated heterocycles. The van der Waals surface area contributed by atoms with Gasteiger partial charge in [-0.2, -0.15) is 0 Å². The van der Waals surface area contributed by atoms with Gasteiger partial charge in [-0.3, -0.25) is 0 Å². The van der Waals surface area contributed by atoms with E-state index in [1.54, 1.807) is 7.11 Å². The molecule has 106 valence electrons. The normalized spacial score (nSPS) is 22.7.